The van der Waals surface area contributed by atoms with Gasteiger partial charge in [-0.05, 0) is 58.2 Å². The van der Waals surface area contributed by atoms with Crippen molar-refractivity contribution in [2.24, 2.45) is 5.73 Å². The van der Waals surface area contributed by atoms with E-state index in [1.165, 1.54) is 6.33 Å². The highest BCUT2D eigenvalue weighted by atomic mass is 35.5. The number of ether oxygens (including phenoxy) is 2. The quantitative estimate of drug-likeness (QED) is 0.669. The Morgan fingerprint density at radius 2 is 1.86 bits per heavy atom. The van der Waals surface area contributed by atoms with Crippen LogP contribution in [0.25, 0.3) is 0 Å². The zero-order chi connectivity index (χ0) is 24.9. The summed E-state index contributed by atoms with van der Waals surface area (Å²) in [5.74, 6) is 0.806. The number of halogens is 1. The fourth-order valence-corrected chi connectivity index (χ4v) is 5.66. The number of hydrogen-bond acceptors (Lipinski definition) is 7. The van der Waals surface area contributed by atoms with E-state index in [0.29, 0.717) is 29.4 Å². The van der Waals surface area contributed by atoms with Crippen molar-refractivity contribution < 1.29 is 19.1 Å². The smallest absolute Gasteiger partial charge is 0.410 e. The lowest BCUT2D eigenvalue weighted by molar-refractivity contribution is -0.00772. The first-order valence-electron chi connectivity index (χ1n) is 12.0. The minimum absolute atomic E-state index is 0.0299. The second-order valence-corrected chi connectivity index (χ2v) is 10.8. The molecule has 9 nitrogen and oxygen atoms in total. The lowest BCUT2D eigenvalue weighted by Gasteiger charge is -2.39. The molecule has 0 radical (unpaired) electrons. The first kappa shape index (κ1) is 23.7. The second-order valence-electron chi connectivity index (χ2n) is 10.4. The van der Waals surface area contributed by atoms with Gasteiger partial charge in [0.25, 0.3) is 0 Å². The number of piperidine rings is 1. The predicted molar refractivity (Wildman–Crippen MR) is 131 cm³/mol. The number of carbonyl (C=O) groups is 2. The van der Waals surface area contributed by atoms with Crippen LogP contribution in [0.2, 0.25) is 5.02 Å². The third-order valence-electron chi connectivity index (χ3n) is 6.82. The van der Waals surface area contributed by atoms with Crippen molar-refractivity contribution in [1.29, 1.82) is 0 Å². The number of nitrogens with zero attached hydrogens (tertiary/aromatic N) is 4. The van der Waals surface area contributed by atoms with E-state index in [0.717, 1.165) is 42.8 Å². The van der Waals surface area contributed by atoms with Crippen LogP contribution in [0.4, 0.5) is 16.3 Å². The van der Waals surface area contributed by atoms with Gasteiger partial charge in [-0.1, -0.05) is 11.6 Å². The van der Waals surface area contributed by atoms with Crippen LogP contribution in [-0.4, -0.2) is 57.2 Å². The van der Waals surface area contributed by atoms with E-state index in [9.17, 15) is 9.59 Å². The molecule has 10 heteroatoms. The Balaban J connectivity index is 1.31. The number of fused-ring (bicyclic) bond motifs is 3. The Kier molecular flexibility index (Phi) is 5.99. The van der Waals surface area contributed by atoms with Crippen LogP contribution in [0.15, 0.2) is 24.5 Å². The predicted octanol–water partition coefficient (Wildman–Crippen LogP) is 4.23. The van der Waals surface area contributed by atoms with Gasteiger partial charge in [-0.25, -0.2) is 14.8 Å². The summed E-state index contributed by atoms with van der Waals surface area (Å²) in [6.07, 6.45) is 5.36. The van der Waals surface area contributed by atoms with E-state index >= 15 is 0 Å². The molecule has 5 rings (SSSR count). The van der Waals surface area contributed by atoms with Gasteiger partial charge in [-0.15, -0.1) is 0 Å². The Morgan fingerprint density at radius 1 is 1.14 bits per heavy atom. The van der Waals surface area contributed by atoms with Gasteiger partial charge in [0.15, 0.2) is 0 Å². The molecule has 2 aromatic rings. The molecule has 2 saturated heterocycles. The maximum Gasteiger partial charge on any atom is 0.410 e. The van der Waals surface area contributed by atoms with Gasteiger partial charge in [0.1, 0.15) is 23.9 Å². The van der Waals surface area contributed by atoms with E-state index in [4.69, 9.17) is 26.8 Å². The standard InChI is InChI=1S/C25H30ClN5O4/c1-25(2,3)35-24(33)31-15-5-6-16(31)12-17(11-15)34-23-18-8-9-30(22(18)28-13-29-23)20-7-4-14(21(27)32)10-19(20)26/h4,7,10,13,15-17H,5-6,8-9,11-12H2,1-3H3,(H2,27,32)/t15-,16-/m0/s1. The zero-order valence-corrected chi connectivity index (χ0v) is 20.9. The fourth-order valence-electron chi connectivity index (χ4n) is 5.38. The molecule has 2 N–H and O–H groups in total. The molecule has 2 fully saturated rings. The maximum absolute atomic E-state index is 12.7. The molecule has 1 aromatic heterocycles. The molecule has 3 aliphatic heterocycles. The van der Waals surface area contributed by atoms with E-state index in [2.05, 4.69) is 9.97 Å². The minimum Gasteiger partial charge on any atom is -0.474 e. The monoisotopic (exact) mass is 499 g/mol. The minimum atomic E-state index is -0.523. The molecule has 3 aliphatic rings. The normalized spacial score (nSPS) is 23.3. The first-order valence-corrected chi connectivity index (χ1v) is 12.4. The Hall–Kier alpha value is -3.07. The Labute approximate surface area is 209 Å². The van der Waals surface area contributed by atoms with Crippen molar-refractivity contribution in [3.8, 4) is 5.88 Å². The number of nitrogens with two attached hydrogens (primary N) is 1. The molecule has 2 atom stereocenters. The molecule has 1 aromatic carbocycles. The van der Waals surface area contributed by atoms with Crippen LogP contribution in [0.1, 0.15) is 62.4 Å². The van der Waals surface area contributed by atoms with E-state index < -0.39 is 11.5 Å². The zero-order valence-electron chi connectivity index (χ0n) is 20.2. The van der Waals surface area contributed by atoms with E-state index in [1.54, 1.807) is 18.2 Å². The van der Waals surface area contributed by atoms with Crippen molar-refractivity contribution >= 4 is 35.1 Å². The summed E-state index contributed by atoms with van der Waals surface area (Å²) >= 11 is 6.47. The largest absolute Gasteiger partial charge is 0.474 e. The van der Waals surface area contributed by atoms with Crippen molar-refractivity contribution in [2.75, 3.05) is 11.4 Å². The van der Waals surface area contributed by atoms with Crippen molar-refractivity contribution in [3.05, 3.63) is 40.7 Å². The summed E-state index contributed by atoms with van der Waals surface area (Å²) in [6, 6.07) is 5.24. The summed E-state index contributed by atoms with van der Waals surface area (Å²) in [6.45, 7) is 6.34. The first-order chi connectivity index (χ1) is 16.6. The Morgan fingerprint density at radius 3 is 2.49 bits per heavy atom. The molecular weight excluding hydrogens is 470 g/mol. The highest BCUT2D eigenvalue weighted by molar-refractivity contribution is 6.33. The molecule has 4 heterocycles. The van der Waals surface area contributed by atoms with Crippen LogP contribution in [0.5, 0.6) is 5.88 Å². The average molecular weight is 500 g/mol. The summed E-state index contributed by atoms with van der Waals surface area (Å²) in [4.78, 5) is 37.1. The number of hydrogen-bond donors (Lipinski definition) is 1. The number of rotatable bonds is 4. The van der Waals surface area contributed by atoms with Crippen LogP contribution in [0.3, 0.4) is 0 Å². The highest BCUT2D eigenvalue weighted by Crippen LogP contribution is 2.42. The fraction of sp³-hybridized carbons (Fsp3) is 0.520. The van der Waals surface area contributed by atoms with Gasteiger partial charge in [-0.3, -0.25) is 4.79 Å². The van der Waals surface area contributed by atoms with Crippen LogP contribution >= 0.6 is 11.6 Å². The van der Waals surface area contributed by atoms with Crippen molar-refractivity contribution in [2.45, 2.75) is 76.7 Å². The lowest BCUT2D eigenvalue weighted by Crippen LogP contribution is -2.50. The Bertz CT molecular complexity index is 1150. The number of primary amides is 1. The van der Waals surface area contributed by atoms with Crippen molar-refractivity contribution in [3.63, 3.8) is 0 Å². The molecule has 0 aliphatic carbocycles. The molecule has 0 unspecified atom stereocenters. The third-order valence-corrected chi connectivity index (χ3v) is 7.12. The van der Waals surface area contributed by atoms with Gasteiger partial charge in [0.2, 0.25) is 11.8 Å². The molecule has 2 amide bonds. The number of carbonyl (C=O) groups excluding carboxylic acids is 2. The number of anilines is 2. The number of aromatic nitrogens is 2. The van der Waals surface area contributed by atoms with Crippen LogP contribution < -0.4 is 15.4 Å². The lowest BCUT2D eigenvalue weighted by atomic mass is 10.00. The summed E-state index contributed by atoms with van der Waals surface area (Å²) in [5.41, 5.74) is 6.90. The second kappa shape index (κ2) is 8.86. The molecule has 2 bridgehead atoms. The van der Waals surface area contributed by atoms with Gasteiger partial charge < -0.3 is 25.0 Å². The van der Waals surface area contributed by atoms with E-state index in [1.807, 2.05) is 30.6 Å². The average Bonchev–Trinajstić information content (AvgIpc) is 3.32. The summed E-state index contributed by atoms with van der Waals surface area (Å²) in [5, 5.41) is 0.432. The summed E-state index contributed by atoms with van der Waals surface area (Å²) in [7, 11) is 0. The molecule has 35 heavy (non-hydrogen) atoms. The van der Waals surface area contributed by atoms with Gasteiger partial charge in [0, 0.05) is 37.0 Å². The van der Waals surface area contributed by atoms with Crippen LogP contribution in [0, 0.1) is 0 Å². The van der Waals surface area contributed by atoms with Crippen molar-refractivity contribution in [1.82, 2.24) is 14.9 Å². The maximum atomic E-state index is 12.7. The third kappa shape index (κ3) is 4.61. The number of amides is 2. The van der Waals surface area contributed by atoms with Gasteiger partial charge in [0.05, 0.1) is 16.3 Å². The highest BCUT2D eigenvalue weighted by Gasteiger charge is 2.46. The van der Waals surface area contributed by atoms with Crippen LogP contribution in [-0.2, 0) is 11.2 Å². The molecular formula is C25H30ClN5O4. The molecule has 0 saturated carbocycles. The van der Waals surface area contributed by atoms with Gasteiger partial charge >= 0.3 is 6.09 Å². The molecule has 186 valence electrons. The number of benzene rings is 1. The summed E-state index contributed by atoms with van der Waals surface area (Å²) < 4.78 is 12.1. The molecule has 0 spiro atoms. The topological polar surface area (TPSA) is 111 Å². The van der Waals surface area contributed by atoms with E-state index in [-0.39, 0.29) is 24.3 Å². The van der Waals surface area contributed by atoms with Gasteiger partial charge in [-0.2, -0.15) is 0 Å². The SMILES string of the molecule is CC(C)(C)OC(=O)N1[C@H]2CC[C@H]1CC(Oc1ncnc3c1CCN3c1ccc(C(N)=O)cc1Cl)C2.